The molecule has 0 aliphatic carbocycles. The Kier molecular flexibility index (Phi) is 9.91. The van der Waals surface area contributed by atoms with Crippen LogP contribution in [-0.2, 0) is 30.5 Å². The molecule has 1 aromatic heterocycles. The van der Waals surface area contributed by atoms with Crippen LogP contribution in [0.1, 0.15) is 40.0 Å². The number of likely N-dealkylation sites (tertiary alicyclic amines) is 1. The monoisotopic (exact) mass is 647 g/mol. The molecule has 0 radical (unpaired) electrons. The maximum absolute atomic E-state index is 13.5. The number of thioether (sulfide) groups is 1. The van der Waals surface area contributed by atoms with E-state index < -0.39 is 41.7 Å². The minimum atomic E-state index is -1.66. The fourth-order valence-electron chi connectivity index (χ4n) is 6.97. The third kappa shape index (κ3) is 6.76. The Morgan fingerprint density at radius 3 is 2.69 bits per heavy atom. The van der Waals surface area contributed by atoms with Crippen LogP contribution in [-0.4, -0.2) is 132 Å². The first-order valence-electron chi connectivity index (χ1n) is 15.3. The maximum atomic E-state index is 13.5. The summed E-state index contributed by atoms with van der Waals surface area (Å²) in [5.74, 6) is -3.72. The molecule has 5 rings (SSSR count). The van der Waals surface area contributed by atoms with E-state index in [2.05, 4.69) is 31.5 Å². The Bertz CT molecular complexity index is 1360. The summed E-state index contributed by atoms with van der Waals surface area (Å²) in [5.41, 5.74) is -0.474. The number of carboxylic acid groups (broad SMARTS) is 1. The summed E-state index contributed by atoms with van der Waals surface area (Å²) < 4.78 is 1.24. The van der Waals surface area contributed by atoms with E-state index >= 15 is 0 Å². The summed E-state index contributed by atoms with van der Waals surface area (Å²) in [5, 5.41) is 39.7. The lowest BCUT2D eigenvalue weighted by Gasteiger charge is -2.43. The quantitative estimate of drug-likeness (QED) is 0.168. The summed E-state index contributed by atoms with van der Waals surface area (Å²) in [4.78, 5) is 68.0. The van der Waals surface area contributed by atoms with E-state index in [1.807, 2.05) is 11.8 Å². The van der Waals surface area contributed by atoms with Gasteiger partial charge in [0, 0.05) is 66.2 Å². The van der Waals surface area contributed by atoms with Gasteiger partial charge in [0.15, 0.2) is 0 Å². The van der Waals surface area contributed by atoms with E-state index in [-0.39, 0.29) is 47.8 Å². The molecular formula is C28H41N9O7S. The number of ketones is 1. The fourth-order valence-corrected chi connectivity index (χ4v) is 8.52. The lowest BCUT2D eigenvalue weighted by molar-refractivity contribution is -0.148. The highest BCUT2D eigenvalue weighted by Gasteiger charge is 2.49. The molecule has 4 aliphatic heterocycles. The molecule has 16 nitrogen and oxygen atoms in total. The predicted octanol–water partition coefficient (Wildman–Crippen LogP) is -1.81. The smallest absolute Gasteiger partial charge is 0.378 e. The van der Waals surface area contributed by atoms with Crippen LogP contribution in [0.25, 0.3) is 0 Å². The van der Waals surface area contributed by atoms with Gasteiger partial charge < -0.3 is 36.0 Å². The number of nitrogens with one attached hydrogen (secondary N) is 3. The summed E-state index contributed by atoms with van der Waals surface area (Å²) in [6.07, 6.45) is 2.44. The van der Waals surface area contributed by atoms with Crippen molar-refractivity contribution >= 4 is 41.2 Å². The number of carbonyl (C=O) groups is 5. The van der Waals surface area contributed by atoms with Crippen molar-refractivity contribution in [2.75, 3.05) is 39.3 Å². The number of piperidine rings is 1. The second kappa shape index (κ2) is 13.5. The van der Waals surface area contributed by atoms with E-state index in [0.717, 1.165) is 13.0 Å². The van der Waals surface area contributed by atoms with Gasteiger partial charge in [-0.15, -0.1) is 16.9 Å². The highest BCUT2D eigenvalue weighted by Crippen LogP contribution is 2.45. The van der Waals surface area contributed by atoms with Crippen molar-refractivity contribution in [3.05, 3.63) is 16.9 Å². The molecule has 1 aromatic rings. The second-order valence-corrected chi connectivity index (χ2v) is 14.0. The molecule has 5 heterocycles. The van der Waals surface area contributed by atoms with Crippen LogP contribution in [0.2, 0.25) is 0 Å². The van der Waals surface area contributed by atoms with E-state index in [9.17, 15) is 34.2 Å². The molecule has 4 aliphatic rings. The molecule has 3 amide bonds. The average Bonchev–Trinajstić information content (AvgIpc) is 3.81. The third-order valence-corrected chi connectivity index (χ3v) is 11.1. The van der Waals surface area contributed by atoms with Crippen LogP contribution in [0.4, 0.5) is 0 Å². The normalized spacial score (nSPS) is 30.4. The maximum Gasteiger partial charge on any atom is 0.378 e. The Balaban J connectivity index is 1.25. The summed E-state index contributed by atoms with van der Waals surface area (Å²) in [6.45, 7) is 8.29. The van der Waals surface area contributed by atoms with Crippen molar-refractivity contribution < 1.29 is 34.2 Å². The Hall–Kier alpha value is -3.41. The molecular weight excluding hydrogens is 606 g/mol. The Labute approximate surface area is 264 Å². The molecule has 0 bridgehead atoms. The molecule has 7 atom stereocenters. The SMILES string of the molecule is C[C@H](CC(=O)N1C(C(=O)C(=O)O)=C(S[C@@H]2CN[C@H](C(=O)N3CCC4CNCC4(CO)C3)C2)[C@H](C)[C@@H]1C)NC(=O)Cn1cnnn1. The van der Waals surface area contributed by atoms with Gasteiger partial charge in [-0.1, -0.05) is 6.92 Å². The molecule has 2 unspecified atom stereocenters. The van der Waals surface area contributed by atoms with Gasteiger partial charge in [-0.05, 0) is 49.6 Å². The van der Waals surface area contributed by atoms with Gasteiger partial charge in [0.2, 0.25) is 17.7 Å². The zero-order valence-electron chi connectivity index (χ0n) is 25.6. The number of hydrogen-bond acceptors (Lipinski definition) is 12. The van der Waals surface area contributed by atoms with Crippen LogP contribution in [0.15, 0.2) is 16.9 Å². The number of aliphatic hydroxyl groups excluding tert-OH is 1. The van der Waals surface area contributed by atoms with Crippen molar-refractivity contribution in [2.24, 2.45) is 17.3 Å². The van der Waals surface area contributed by atoms with Crippen molar-refractivity contribution in [1.82, 2.24) is 46.0 Å². The molecule has 0 aromatic carbocycles. The van der Waals surface area contributed by atoms with Crippen molar-refractivity contribution in [3.8, 4) is 0 Å². The van der Waals surface area contributed by atoms with Gasteiger partial charge in [0.1, 0.15) is 18.6 Å². The highest BCUT2D eigenvalue weighted by atomic mass is 32.2. The lowest BCUT2D eigenvalue weighted by atomic mass is 9.74. The third-order valence-electron chi connectivity index (χ3n) is 9.58. The zero-order chi connectivity index (χ0) is 32.5. The molecule has 246 valence electrons. The number of carboxylic acids is 1. The van der Waals surface area contributed by atoms with E-state index in [0.29, 0.717) is 43.4 Å². The van der Waals surface area contributed by atoms with Crippen LogP contribution in [0.5, 0.6) is 0 Å². The molecule has 45 heavy (non-hydrogen) atoms. The summed E-state index contributed by atoms with van der Waals surface area (Å²) >= 11 is 1.35. The number of aliphatic carboxylic acids is 1. The first-order chi connectivity index (χ1) is 21.4. The number of rotatable bonds is 11. The topological polar surface area (TPSA) is 212 Å². The summed E-state index contributed by atoms with van der Waals surface area (Å²) in [7, 11) is 0. The average molecular weight is 648 g/mol. The first-order valence-corrected chi connectivity index (χ1v) is 16.2. The first kappa shape index (κ1) is 33.0. The molecule has 5 N–H and O–H groups in total. The molecule has 3 fully saturated rings. The predicted molar refractivity (Wildman–Crippen MR) is 160 cm³/mol. The number of fused-ring (bicyclic) bond motifs is 1. The van der Waals surface area contributed by atoms with E-state index in [1.54, 1.807) is 13.8 Å². The fraction of sp³-hybridized carbons (Fsp3) is 0.714. The van der Waals surface area contributed by atoms with Crippen LogP contribution < -0.4 is 16.0 Å². The van der Waals surface area contributed by atoms with Crippen LogP contribution in [0.3, 0.4) is 0 Å². The number of hydrogen-bond donors (Lipinski definition) is 5. The molecule has 0 spiro atoms. The standard InChI is InChI=1S/C28H41N9O7S/c1-15(32-21(39)10-36-14-31-33-34-36)6-22(40)37-17(3)16(2)25(23(37)24(41)27(43)44)45-19-7-20(30-9-19)26(42)35-5-4-18-8-29-11-28(18,12-35)13-38/h14-20,29-30,38H,4-13H2,1-3H3,(H,32,39)(H,43,44)/t15-,16-,17+,18?,19+,20+,28?/m1/s1. The minimum Gasteiger partial charge on any atom is -0.475 e. The van der Waals surface area contributed by atoms with E-state index in [4.69, 9.17) is 0 Å². The van der Waals surface area contributed by atoms with Gasteiger partial charge in [0.25, 0.3) is 5.78 Å². The molecule has 0 saturated carbocycles. The number of amides is 3. The van der Waals surface area contributed by atoms with E-state index in [1.165, 1.54) is 27.7 Å². The van der Waals surface area contributed by atoms with Gasteiger partial charge >= 0.3 is 5.97 Å². The second-order valence-electron chi connectivity index (χ2n) is 12.7. The lowest BCUT2D eigenvalue weighted by Crippen LogP contribution is -2.55. The molecule has 17 heteroatoms. The van der Waals surface area contributed by atoms with Gasteiger partial charge in [-0.2, -0.15) is 0 Å². The summed E-state index contributed by atoms with van der Waals surface area (Å²) in [6, 6.07) is -1.54. The van der Waals surface area contributed by atoms with Crippen molar-refractivity contribution in [1.29, 1.82) is 0 Å². The van der Waals surface area contributed by atoms with Gasteiger partial charge in [-0.3, -0.25) is 19.2 Å². The zero-order valence-corrected chi connectivity index (χ0v) is 26.5. The van der Waals surface area contributed by atoms with Crippen LogP contribution >= 0.6 is 11.8 Å². The minimum absolute atomic E-state index is 0.0205. The van der Waals surface area contributed by atoms with Gasteiger partial charge in [0.05, 0.1) is 12.6 Å². The largest absolute Gasteiger partial charge is 0.475 e. The molecule has 3 saturated heterocycles. The van der Waals surface area contributed by atoms with Crippen molar-refractivity contribution in [3.63, 3.8) is 0 Å². The number of nitrogens with zero attached hydrogens (tertiary/aromatic N) is 6. The van der Waals surface area contributed by atoms with Gasteiger partial charge in [-0.25, -0.2) is 9.48 Å². The number of aliphatic hydroxyl groups is 1. The number of aromatic nitrogens is 4. The number of carbonyl (C=O) groups excluding carboxylic acids is 4. The number of tetrazole rings is 1. The Morgan fingerprint density at radius 2 is 2.00 bits per heavy atom. The number of Topliss-reactive ketones (excluding diaryl/α,β-unsaturated/α-hetero) is 1. The highest BCUT2D eigenvalue weighted by molar-refractivity contribution is 8.03. The van der Waals surface area contributed by atoms with Crippen molar-refractivity contribution in [2.45, 2.75) is 70.0 Å². The van der Waals surface area contributed by atoms with Crippen LogP contribution in [0, 0.1) is 17.3 Å². The Morgan fingerprint density at radius 1 is 1.22 bits per heavy atom.